The molecule has 3 saturated heterocycles. The number of alkyl halides is 6. The minimum absolute atomic E-state index is 0. The van der Waals surface area contributed by atoms with Crippen LogP contribution in [0.5, 0.6) is 0 Å². The number of anilines is 1. The third kappa shape index (κ3) is 20.1. The number of fused-ring (bicyclic) bond motifs is 2. The maximum atomic E-state index is 14.3. The Balaban J connectivity index is 0.00000456. The molecule has 2 atom stereocenters. The second kappa shape index (κ2) is 35.8. The topological polar surface area (TPSA) is 148 Å². The molecule has 0 saturated carbocycles. The quantitative estimate of drug-likeness (QED) is 0.0577. The van der Waals surface area contributed by atoms with E-state index >= 15 is 0 Å². The van der Waals surface area contributed by atoms with Crippen molar-refractivity contribution in [3.63, 3.8) is 0 Å². The van der Waals surface area contributed by atoms with Gasteiger partial charge in [-0.25, -0.2) is 9.18 Å². The Labute approximate surface area is 621 Å². The number of rotatable bonds is 24. The van der Waals surface area contributed by atoms with Crippen molar-refractivity contribution in [1.82, 2.24) is 34.3 Å². The largest absolute Gasteiger partial charge is 0.446 e. The van der Waals surface area contributed by atoms with Crippen molar-refractivity contribution in [1.29, 1.82) is 0 Å². The van der Waals surface area contributed by atoms with Gasteiger partial charge in [0.25, 0.3) is 17.7 Å². The summed E-state index contributed by atoms with van der Waals surface area (Å²) < 4.78 is 116. The van der Waals surface area contributed by atoms with Gasteiger partial charge in [-0.3, -0.25) is 29.4 Å². The van der Waals surface area contributed by atoms with Crippen LogP contribution in [0.15, 0.2) is 170 Å². The molecule has 16 nitrogen and oxygen atoms in total. The fraction of sp³-hybridized carbons (Fsp3) is 0.397. The summed E-state index contributed by atoms with van der Waals surface area (Å²) in [6.45, 7) is 5.55. The number of piperidine rings is 2. The van der Waals surface area contributed by atoms with E-state index in [0.29, 0.717) is 132 Å². The maximum Gasteiger partial charge on any atom is 0.416 e. The van der Waals surface area contributed by atoms with Crippen molar-refractivity contribution in [2.24, 2.45) is 0 Å². The lowest BCUT2D eigenvalue weighted by Gasteiger charge is -2.44. The van der Waals surface area contributed by atoms with Gasteiger partial charge in [0.2, 0.25) is 5.91 Å². The van der Waals surface area contributed by atoms with Crippen LogP contribution in [0.4, 0.5) is 41.2 Å². The van der Waals surface area contributed by atoms with Crippen molar-refractivity contribution in [3.8, 4) is 11.1 Å². The van der Waals surface area contributed by atoms with Crippen molar-refractivity contribution in [2.45, 2.75) is 93.6 Å². The molecule has 7 aromatic rings. The van der Waals surface area contributed by atoms with Gasteiger partial charge in [0.05, 0.1) is 29.5 Å². The van der Waals surface area contributed by atoms with Gasteiger partial charge in [-0.05, 0) is 159 Å². The van der Waals surface area contributed by atoms with Crippen molar-refractivity contribution in [2.75, 3.05) is 112 Å². The van der Waals surface area contributed by atoms with Gasteiger partial charge in [-0.15, -0.1) is 37.2 Å². The van der Waals surface area contributed by atoms with E-state index in [1.165, 1.54) is 24.3 Å². The van der Waals surface area contributed by atoms with Gasteiger partial charge >= 0.3 is 18.4 Å². The first kappa shape index (κ1) is 81.5. The minimum Gasteiger partial charge on any atom is -0.446 e. The van der Waals surface area contributed by atoms with Crippen LogP contribution in [0.25, 0.3) is 11.1 Å². The molecule has 104 heavy (non-hydrogen) atoms. The fourth-order valence-corrected chi connectivity index (χ4v) is 14.4. The molecule has 558 valence electrons. The molecule has 11 rings (SSSR count). The first-order valence-electron chi connectivity index (χ1n) is 34.2. The summed E-state index contributed by atoms with van der Waals surface area (Å²) in [6, 6.07) is 47.1. The molecule has 0 aromatic heterocycles. The Morgan fingerprint density at radius 2 is 1.21 bits per heavy atom. The Morgan fingerprint density at radius 1 is 0.606 bits per heavy atom. The number of likely N-dealkylation sites (N-methyl/N-ethyl adjacent to an activating group) is 2. The van der Waals surface area contributed by atoms with Crippen LogP contribution in [0.3, 0.4) is 0 Å². The van der Waals surface area contributed by atoms with Gasteiger partial charge < -0.3 is 43.6 Å². The Kier molecular flexibility index (Phi) is 28.0. The molecular formula is C78H88Cl3F7N8O8. The van der Waals surface area contributed by atoms with Crippen LogP contribution in [0.2, 0.25) is 0 Å². The van der Waals surface area contributed by atoms with Crippen LogP contribution in [0.1, 0.15) is 109 Å². The molecule has 3 heterocycles. The van der Waals surface area contributed by atoms with E-state index in [9.17, 15) is 54.7 Å². The minimum atomic E-state index is -5.15. The molecule has 1 spiro atoms. The van der Waals surface area contributed by atoms with E-state index in [0.717, 1.165) is 51.4 Å². The van der Waals surface area contributed by atoms with E-state index in [4.69, 9.17) is 14.2 Å². The molecule has 4 aliphatic rings. The molecule has 7 aromatic carbocycles. The van der Waals surface area contributed by atoms with E-state index in [1.54, 1.807) is 28.8 Å². The third-order valence-corrected chi connectivity index (χ3v) is 20.2. The van der Waals surface area contributed by atoms with Crippen LogP contribution < -0.4 is 5.32 Å². The van der Waals surface area contributed by atoms with Gasteiger partial charge in [0.1, 0.15) is 30.9 Å². The summed E-state index contributed by atoms with van der Waals surface area (Å²) >= 11 is 0. The summed E-state index contributed by atoms with van der Waals surface area (Å²) in [6.07, 6.45) is -7.16. The lowest BCUT2D eigenvalue weighted by atomic mass is 9.72. The molecule has 0 bridgehead atoms. The second-order valence-electron chi connectivity index (χ2n) is 27.2. The first-order valence-corrected chi connectivity index (χ1v) is 34.2. The standard InChI is InChI=1S/C78H85F7N8O8.3ClH/c1-87(50-55-14-12-18-59(44-55)72(96)90(4)42-43-91-37-30-65(31-38-91)101-74(98)86-68-21-11-9-19-66(68)56-15-6-5-7-16-56)49-54-22-24-57(25-23-54)71(95)89(3)36-13-35-88(2)70(94)51-99-69-47-58-17-8-10-20-67(58)75(69)32-39-92(40-33-75)41-34-76(61-26-28-64(79)29-27-61)52-93(53-100-76)73(97)60-45-62(77(80,81)82)48-63(46-60)78(83,84)85;;;/h5-12,14-29,44-46,48,65,69H,13,30-43,47,49-53H2,1-4H3,(H,86,98);3*1H/t69-,76-;;;/m0.../s1. The summed E-state index contributed by atoms with van der Waals surface area (Å²) in [5.41, 5.74) is 2.86. The Hall–Kier alpha value is -8.13. The van der Waals surface area contributed by atoms with E-state index < -0.39 is 64.6 Å². The van der Waals surface area contributed by atoms with Crippen molar-refractivity contribution < 1.29 is 68.9 Å². The molecule has 0 radical (unpaired) electrons. The molecular weight excluding hydrogens is 1420 g/mol. The normalized spacial score (nSPS) is 17.5. The third-order valence-electron chi connectivity index (χ3n) is 20.2. The molecule has 1 aliphatic carbocycles. The number of para-hydroxylation sites is 1. The zero-order valence-electron chi connectivity index (χ0n) is 58.4. The number of carbonyl (C=O) groups is 5. The van der Waals surface area contributed by atoms with Crippen LogP contribution in [0, 0.1) is 5.82 Å². The van der Waals surface area contributed by atoms with Gasteiger partial charge in [0, 0.05) is 108 Å². The highest BCUT2D eigenvalue weighted by atomic mass is 35.5. The fourth-order valence-electron chi connectivity index (χ4n) is 14.4. The predicted molar refractivity (Wildman–Crippen MR) is 391 cm³/mol. The smallest absolute Gasteiger partial charge is 0.416 e. The lowest BCUT2D eigenvalue weighted by Crippen LogP contribution is -2.50. The van der Waals surface area contributed by atoms with Gasteiger partial charge in [-0.2, -0.15) is 26.3 Å². The highest BCUT2D eigenvalue weighted by Crippen LogP contribution is 2.49. The number of hydrogen-bond donors (Lipinski definition) is 1. The number of ether oxygens (including phenoxy) is 3. The lowest BCUT2D eigenvalue weighted by molar-refractivity contribution is -0.143. The monoisotopic (exact) mass is 1500 g/mol. The molecule has 3 aliphatic heterocycles. The van der Waals surface area contributed by atoms with Crippen molar-refractivity contribution >= 4 is 72.6 Å². The van der Waals surface area contributed by atoms with Crippen LogP contribution >= 0.6 is 37.2 Å². The number of benzene rings is 7. The highest BCUT2D eigenvalue weighted by Gasteiger charge is 2.50. The number of carbonyl (C=O) groups excluding carboxylic acids is 5. The molecule has 3 fully saturated rings. The summed E-state index contributed by atoms with van der Waals surface area (Å²) in [4.78, 5) is 80.5. The van der Waals surface area contributed by atoms with Crippen LogP contribution in [-0.2, 0) is 61.9 Å². The number of hydrogen-bond acceptors (Lipinski definition) is 11. The molecule has 5 amide bonds. The van der Waals surface area contributed by atoms with Gasteiger partial charge in [-0.1, -0.05) is 109 Å². The average Bonchev–Trinajstić information content (AvgIpc) is 1.55. The second-order valence-corrected chi connectivity index (χ2v) is 27.2. The Morgan fingerprint density at radius 3 is 1.89 bits per heavy atom. The van der Waals surface area contributed by atoms with Crippen molar-refractivity contribution in [3.05, 3.63) is 231 Å². The maximum absolute atomic E-state index is 14.3. The average molecular weight is 1500 g/mol. The summed E-state index contributed by atoms with van der Waals surface area (Å²) in [5.74, 6) is -2.02. The molecule has 1 N–H and O–H groups in total. The van der Waals surface area contributed by atoms with E-state index in [1.807, 2.05) is 129 Å². The molecule has 26 heteroatoms. The SMILES string of the molecule is CN(Cc1ccc(C(=O)N(C)CCCN(C)C(=O)CO[C@H]2Cc3ccccc3C23CCN(CC[C@@]2(c4ccc(F)cc4)CN(C(=O)c4cc(C(F)(F)F)cc(C(F)(F)F)c4)CO2)CC3)cc1)Cc1cccc(C(=O)N(C)CCN2CCC(OC(=O)Nc3ccccc3-c3ccccc3)CC2)c1.Cl.Cl.Cl. The zero-order chi connectivity index (χ0) is 71.6. The number of halogens is 10. The zero-order valence-corrected chi connectivity index (χ0v) is 60.9. The number of nitrogens with zero attached hydrogens (tertiary/aromatic N) is 7. The van der Waals surface area contributed by atoms with Crippen LogP contribution in [-0.4, -0.2) is 183 Å². The predicted octanol–water partition coefficient (Wildman–Crippen LogP) is 14.5. The number of nitrogens with one attached hydrogen (secondary N) is 1. The summed E-state index contributed by atoms with van der Waals surface area (Å²) in [7, 11) is 7.28. The molecule has 0 unspecified atom stereocenters. The Bertz CT molecular complexity index is 4020. The number of amides is 5. The number of likely N-dealkylation sites (tertiary alicyclic amines) is 2. The highest BCUT2D eigenvalue weighted by molar-refractivity contribution is 5.96. The van der Waals surface area contributed by atoms with E-state index in [2.05, 4.69) is 32.1 Å². The van der Waals surface area contributed by atoms with Gasteiger partial charge in [0.15, 0.2) is 0 Å². The summed E-state index contributed by atoms with van der Waals surface area (Å²) in [5, 5.41) is 2.94. The first-order chi connectivity index (χ1) is 48.3. The van der Waals surface area contributed by atoms with E-state index in [-0.39, 0.29) is 92.8 Å².